The van der Waals surface area contributed by atoms with E-state index in [1.807, 2.05) is 30.3 Å². The minimum absolute atomic E-state index is 0.324. The van der Waals surface area contributed by atoms with Gasteiger partial charge in [0, 0.05) is 11.3 Å². The predicted molar refractivity (Wildman–Crippen MR) is 116 cm³/mol. The van der Waals surface area contributed by atoms with E-state index in [1.54, 1.807) is 54.6 Å². The van der Waals surface area contributed by atoms with Gasteiger partial charge in [0.2, 0.25) is 0 Å². The molecule has 0 amide bonds. The fraction of sp³-hybridized carbons (Fsp3) is 0.0870. The van der Waals surface area contributed by atoms with Crippen molar-refractivity contribution >= 4 is 21.8 Å². The number of hydrogen-bond acceptors (Lipinski definition) is 5. The van der Waals surface area contributed by atoms with Gasteiger partial charge in [-0.1, -0.05) is 48.5 Å². The number of nitriles is 1. The summed E-state index contributed by atoms with van der Waals surface area (Å²) in [6, 6.07) is 24.7. The van der Waals surface area contributed by atoms with Crippen molar-refractivity contribution in [3.8, 4) is 17.6 Å². The molecule has 7 heteroatoms. The van der Waals surface area contributed by atoms with Crippen LogP contribution in [0.1, 0.15) is 11.1 Å². The minimum atomic E-state index is -4.07. The molecule has 3 aromatic rings. The molecule has 3 aromatic carbocycles. The zero-order valence-electron chi connectivity index (χ0n) is 16.3. The average molecular weight is 420 g/mol. The van der Waals surface area contributed by atoms with Gasteiger partial charge in [-0.15, -0.1) is 0 Å². The topological polar surface area (TPSA) is 88.4 Å². The maximum atomic E-state index is 12.7. The first-order valence-corrected chi connectivity index (χ1v) is 10.5. The number of sulfonamides is 1. The first-order chi connectivity index (χ1) is 14.5. The Morgan fingerprint density at radius 1 is 1.00 bits per heavy atom. The number of nitrogens with zero attached hydrogens (tertiary/aromatic N) is 1. The highest BCUT2D eigenvalue weighted by atomic mass is 32.2. The second kappa shape index (κ2) is 9.63. The molecule has 0 saturated carbocycles. The quantitative estimate of drug-likeness (QED) is 0.539. The standard InChI is InChI=1S/C23H20N2O4S/c1-28-21-13-11-20(12-14-21)25-30(26,27)22(16-24)15-19-9-5-6-10-23(19)29-17-18-7-3-2-4-8-18/h2-15,25H,17H2,1H3. The summed E-state index contributed by atoms with van der Waals surface area (Å²) in [5.74, 6) is 1.08. The van der Waals surface area contributed by atoms with Gasteiger partial charge < -0.3 is 9.47 Å². The van der Waals surface area contributed by atoms with E-state index in [9.17, 15) is 13.7 Å². The Morgan fingerprint density at radius 3 is 2.33 bits per heavy atom. The molecule has 0 aromatic heterocycles. The van der Waals surface area contributed by atoms with Crippen molar-refractivity contribution in [1.82, 2.24) is 0 Å². The first-order valence-electron chi connectivity index (χ1n) is 9.06. The monoisotopic (exact) mass is 420 g/mol. The van der Waals surface area contributed by atoms with Crippen LogP contribution in [0.4, 0.5) is 5.69 Å². The largest absolute Gasteiger partial charge is 0.497 e. The molecule has 0 bridgehead atoms. The van der Waals surface area contributed by atoms with Crippen molar-refractivity contribution in [2.45, 2.75) is 6.61 Å². The number of hydrogen-bond donors (Lipinski definition) is 1. The number of nitrogens with one attached hydrogen (secondary N) is 1. The van der Waals surface area contributed by atoms with Crippen LogP contribution in [0, 0.1) is 11.3 Å². The lowest BCUT2D eigenvalue weighted by atomic mass is 10.2. The van der Waals surface area contributed by atoms with Crippen molar-refractivity contribution in [1.29, 1.82) is 5.26 Å². The summed E-state index contributed by atoms with van der Waals surface area (Å²) >= 11 is 0. The van der Waals surface area contributed by atoms with Crippen LogP contribution in [-0.2, 0) is 16.6 Å². The molecule has 1 N–H and O–H groups in total. The molecule has 0 heterocycles. The summed E-state index contributed by atoms with van der Waals surface area (Å²) in [4.78, 5) is -0.422. The van der Waals surface area contributed by atoms with Crippen molar-refractivity contribution in [3.05, 3.63) is 94.9 Å². The molecule has 0 saturated heterocycles. The van der Waals surface area contributed by atoms with E-state index in [0.717, 1.165) is 5.56 Å². The Hall–Kier alpha value is -3.76. The Labute approximate surface area is 176 Å². The number of ether oxygens (including phenoxy) is 2. The maximum absolute atomic E-state index is 12.7. The fourth-order valence-electron chi connectivity index (χ4n) is 2.65. The van der Waals surface area contributed by atoms with E-state index in [1.165, 1.54) is 13.2 Å². The van der Waals surface area contributed by atoms with Gasteiger partial charge in [-0.25, -0.2) is 8.42 Å². The highest BCUT2D eigenvalue weighted by molar-refractivity contribution is 7.96. The third-order valence-electron chi connectivity index (χ3n) is 4.18. The molecule has 0 radical (unpaired) electrons. The minimum Gasteiger partial charge on any atom is -0.497 e. The van der Waals surface area contributed by atoms with Gasteiger partial charge in [0.15, 0.2) is 4.91 Å². The van der Waals surface area contributed by atoms with Gasteiger partial charge in [-0.3, -0.25) is 4.72 Å². The summed E-state index contributed by atoms with van der Waals surface area (Å²) in [6.07, 6.45) is 1.30. The smallest absolute Gasteiger partial charge is 0.272 e. The van der Waals surface area contributed by atoms with Crippen LogP contribution < -0.4 is 14.2 Å². The molecule has 0 fully saturated rings. The number of rotatable bonds is 8. The van der Waals surface area contributed by atoms with E-state index < -0.39 is 14.9 Å². The highest BCUT2D eigenvalue weighted by Gasteiger charge is 2.18. The fourth-order valence-corrected chi connectivity index (χ4v) is 3.61. The number of benzene rings is 3. The third kappa shape index (κ3) is 5.40. The third-order valence-corrected chi connectivity index (χ3v) is 5.48. The highest BCUT2D eigenvalue weighted by Crippen LogP contribution is 2.25. The Balaban J connectivity index is 1.83. The Kier molecular flexibility index (Phi) is 6.73. The molecule has 3 rings (SSSR count). The lowest BCUT2D eigenvalue weighted by molar-refractivity contribution is 0.305. The van der Waals surface area contributed by atoms with E-state index in [4.69, 9.17) is 9.47 Å². The van der Waals surface area contributed by atoms with Crippen molar-refractivity contribution < 1.29 is 17.9 Å². The molecule has 0 aliphatic rings. The van der Waals surface area contributed by atoms with Crippen LogP contribution in [0.5, 0.6) is 11.5 Å². The number of anilines is 1. The van der Waals surface area contributed by atoms with Gasteiger partial charge in [0.1, 0.15) is 24.2 Å². The molecule has 30 heavy (non-hydrogen) atoms. The molecule has 6 nitrogen and oxygen atoms in total. The van der Waals surface area contributed by atoms with Crippen LogP contribution in [-0.4, -0.2) is 15.5 Å². The van der Waals surface area contributed by atoms with Crippen molar-refractivity contribution in [2.24, 2.45) is 0 Å². The van der Waals surface area contributed by atoms with Crippen molar-refractivity contribution in [2.75, 3.05) is 11.8 Å². The Morgan fingerprint density at radius 2 is 1.67 bits per heavy atom. The average Bonchev–Trinajstić information content (AvgIpc) is 2.77. The zero-order chi connectivity index (χ0) is 21.4. The molecule has 152 valence electrons. The predicted octanol–water partition coefficient (Wildman–Crippen LogP) is 4.58. The van der Waals surface area contributed by atoms with Crippen LogP contribution in [0.2, 0.25) is 0 Å². The van der Waals surface area contributed by atoms with E-state index in [0.29, 0.717) is 29.4 Å². The molecule has 0 aliphatic heterocycles. The van der Waals surface area contributed by atoms with Crippen LogP contribution >= 0.6 is 0 Å². The van der Waals surface area contributed by atoms with E-state index >= 15 is 0 Å². The molecule has 0 unspecified atom stereocenters. The molecule has 0 aliphatic carbocycles. The van der Waals surface area contributed by atoms with Gasteiger partial charge in [-0.05, 0) is 42.0 Å². The lowest BCUT2D eigenvalue weighted by Gasteiger charge is -2.11. The Bertz CT molecular complexity index is 1170. The van der Waals surface area contributed by atoms with Gasteiger partial charge >= 0.3 is 0 Å². The van der Waals surface area contributed by atoms with Crippen molar-refractivity contribution in [3.63, 3.8) is 0 Å². The maximum Gasteiger partial charge on any atom is 0.272 e. The summed E-state index contributed by atoms with van der Waals surface area (Å²) in [7, 11) is -2.55. The number of methoxy groups -OCH3 is 1. The van der Waals surface area contributed by atoms with Gasteiger partial charge in [0.05, 0.1) is 7.11 Å². The second-order valence-corrected chi connectivity index (χ2v) is 7.92. The van der Waals surface area contributed by atoms with E-state index in [-0.39, 0.29) is 0 Å². The SMILES string of the molecule is COc1ccc(NS(=O)(=O)C(C#N)=Cc2ccccc2OCc2ccccc2)cc1. The zero-order valence-corrected chi connectivity index (χ0v) is 17.1. The van der Waals surface area contributed by atoms with Gasteiger partial charge in [-0.2, -0.15) is 5.26 Å². The summed E-state index contributed by atoms with van der Waals surface area (Å²) < 4.78 is 38.7. The lowest BCUT2D eigenvalue weighted by Crippen LogP contribution is -2.14. The molecule has 0 spiro atoms. The number of allylic oxidation sites excluding steroid dienone is 1. The van der Waals surface area contributed by atoms with Crippen LogP contribution in [0.25, 0.3) is 6.08 Å². The van der Waals surface area contributed by atoms with Crippen LogP contribution in [0.3, 0.4) is 0 Å². The summed E-state index contributed by atoms with van der Waals surface area (Å²) in [5.41, 5.74) is 1.79. The summed E-state index contributed by atoms with van der Waals surface area (Å²) in [5, 5.41) is 9.48. The van der Waals surface area contributed by atoms with E-state index in [2.05, 4.69) is 4.72 Å². The van der Waals surface area contributed by atoms with Gasteiger partial charge in [0.25, 0.3) is 10.0 Å². The summed E-state index contributed by atoms with van der Waals surface area (Å²) in [6.45, 7) is 0.324. The first kappa shape index (κ1) is 21.0. The number of para-hydroxylation sites is 1. The molecular formula is C23H20N2O4S. The van der Waals surface area contributed by atoms with Crippen LogP contribution in [0.15, 0.2) is 83.8 Å². The normalized spacial score (nSPS) is 11.4. The second-order valence-electron chi connectivity index (χ2n) is 6.27. The molecular weight excluding hydrogens is 400 g/mol. The molecule has 0 atom stereocenters.